The lowest BCUT2D eigenvalue weighted by Crippen LogP contribution is -2.44. The molecule has 4 rings (SSSR count). The molecule has 1 amide bonds. The maximum Gasteiger partial charge on any atom is 0.251 e. The van der Waals surface area contributed by atoms with Gasteiger partial charge < -0.3 is 14.2 Å². The van der Waals surface area contributed by atoms with Crippen molar-refractivity contribution >= 4 is 5.91 Å². The normalized spacial score (nSPS) is 17.0. The Morgan fingerprint density at radius 2 is 1.77 bits per heavy atom. The molecular weight excluding hydrogens is 328 g/mol. The zero-order valence-corrected chi connectivity index (χ0v) is 14.9. The fourth-order valence-electron chi connectivity index (χ4n) is 4.00. The standard InChI is InChI=1S/C21H24N2O3/c24-20-14-18(16-6-2-1-3-7-16)17-8-4-5-9-19(17)23(20)15-21(25)22-10-12-26-13-11-22/h1-3,6-7,14H,4-5,8-13,15H2. The van der Waals surface area contributed by atoms with Gasteiger partial charge in [0.1, 0.15) is 6.54 Å². The van der Waals surface area contributed by atoms with Crippen molar-refractivity contribution in [2.75, 3.05) is 26.3 Å². The molecule has 26 heavy (non-hydrogen) atoms. The minimum Gasteiger partial charge on any atom is -0.378 e. The second-order valence-electron chi connectivity index (χ2n) is 6.97. The molecule has 0 radical (unpaired) electrons. The molecule has 0 unspecified atom stereocenters. The van der Waals surface area contributed by atoms with E-state index in [-0.39, 0.29) is 18.0 Å². The van der Waals surface area contributed by atoms with Crippen LogP contribution < -0.4 is 5.56 Å². The molecule has 0 bridgehead atoms. The van der Waals surface area contributed by atoms with Crippen LogP contribution in [0.15, 0.2) is 41.2 Å². The molecule has 5 nitrogen and oxygen atoms in total. The van der Waals surface area contributed by atoms with Crippen LogP contribution in [0.1, 0.15) is 24.1 Å². The van der Waals surface area contributed by atoms with Crippen molar-refractivity contribution in [2.45, 2.75) is 32.2 Å². The van der Waals surface area contributed by atoms with Gasteiger partial charge in [0.15, 0.2) is 0 Å². The zero-order chi connectivity index (χ0) is 17.9. The first-order chi connectivity index (χ1) is 12.7. The molecule has 0 atom stereocenters. The number of rotatable bonds is 3. The van der Waals surface area contributed by atoms with E-state index in [1.807, 2.05) is 30.3 Å². The number of amides is 1. The van der Waals surface area contributed by atoms with Gasteiger partial charge in [0.25, 0.3) is 5.56 Å². The third kappa shape index (κ3) is 3.31. The molecule has 0 saturated carbocycles. The van der Waals surface area contributed by atoms with Crippen LogP contribution in [0, 0.1) is 0 Å². The van der Waals surface area contributed by atoms with Gasteiger partial charge in [0, 0.05) is 24.8 Å². The number of benzene rings is 1. The molecule has 5 heteroatoms. The molecule has 2 heterocycles. The van der Waals surface area contributed by atoms with Crippen molar-refractivity contribution in [2.24, 2.45) is 0 Å². The van der Waals surface area contributed by atoms with Crippen LogP contribution >= 0.6 is 0 Å². The van der Waals surface area contributed by atoms with Crippen LogP contribution in [0.25, 0.3) is 11.1 Å². The van der Waals surface area contributed by atoms with E-state index in [0.29, 0.717) is 26.3 Å². The summed E-state index contributed by atoms with van der Waals surface area (Å²) in [6.07, 6.45) is 4.02. The number of hydrogen-bond acceptors (Lipinski definition) is 3. The predicted molar refractivity (Wildman–Crippen MR) is 100 cm³/mol. The van der Waals surface area contributed by atoms with E-state index < -0.39 is 0 Å². The predicted octanol–water partition coefficient (Wildman–Crippen LogP) is 2.25. The van der Waals surface area contributed by atoms with E-state index in [9.17, 15) is 9.59 Å². The van der Waals surface area contributed by atoms with Gasteiger partial charge in [0.05, 0.1) is 13.2 Å². The Hall–Kier alpha value is -2.40. The molecule has 2 aromatic rings. The number of ether oxygens (including phenoxy) is 1. The van der Waals surface area contributed by atoms with Gasteiger partial charge in [-0.25, -0.2) is 0 Å². The Morgan fingerprint density at radius 3 is 2.54 bits per heavy atom. The fourth-order valence-corrected chi connectivity index (χ4v) is 4.00. The van der Waals surface area contributed by atoms with Crippen molar-refractivity contribution in [3.63, 3.8) is 0 Å². The number of hydrogen-bond donors (Lipinski definition) is 0. The zero-order valence-electron chi connectivity index (χ0n) is 14.9. The molecule has 1 fully saturated rings. The van der Waals surface area contributed by atoms with Crippen LogP contribution in [0.4, 0.5) is 0 Å². The first kappa shape index (κ1) is 17.0. The average Bonchev–Trinajstić information content (AvgIpc) is 2.71. The van der Waals surface area contributed by atoms with Crippen molar-refractivity contribution in [1.82, 2.24) is 9.47 Å². The topological polar surface area (TPSA) is 51.5 Å². The largest absolute Gasteiger partial charge is 0.378 e. The lowest BCUT2D eigenvalue weighted by Gasteiger charge is -2.29. The third-order valence-electron chi connectivity index (χ3n) is 5.37. The molecule has 2 aliphatic rings. The van der Waals surface area contributed by atoms with E-state index in [0.717, 1.165) is 42.5 Å². The molecule has 1 aromatic heterocycles. The molecule has 1 aromatic carbocycles. The molecule has 136 valence electrons. The Morgan fingerprint density at radius 1 is 1.04 bits per heavy atom. The highest BCUT2D eigenvalue weighted by Crippen LogP contribution is 2.30. The summed E-state index contributed by atoms with van der Waals surface area (Å²) in [6, 6.07) is 11.8. The van der Waals surface area contributed by atoms with Crippen molar-refractivity contribution < 1.29 is 9.53 Å². The van der Waals surface area contributed by atoms with Gasteiger partial charge in [-0.05, 0) is 42.4 Å². The SMILES string of the molecule is O=C(Cn1c2c(c(-c3ccccc3)cc1=O)CCCC2)N1CCOCC1. The van der Waals surface area contributed by atoms with Gasteiger partial charge in [-0.15, -0.1) is 0 Å². The number of carbonyl (C=O) groups excluding carboxylic acids is 1. The van der Waals surface area contributed by atoms with Crippen molar-refractivity contribution in [1.29, 1.82) is 0 Å². The first-order valence-corrected chi connectivity index (χ1v) is 9.40. The van der Waals surface area contributed by atoms with Crippen LogP contribution in [-0.2, 0) is 28.9 Å². The highest BCUT2D eigenvalue weighted by Gasteiger charge is 2.23. The Bertz CT molecular complexity index is 852. The van der Waals surface area contributed by atoms with Gasteiger partial charge in [-0.1, -0.05) is 30.3 Å². The first-order valence-electron chi connectivity index (χ1n) is 9.40. The third-order valence-corrected chi connectivity index (χ3v) is 5.37. The molecule has 0 N–H and O–H groups in total. The highest BCUT2D eigenvalue weighted by molar-refractivity contribution is 5.76. The van der Waals surface area contributed by atoms with Crippen LogP contribution in [0.2, 0.25) is 0 Å². The lowest BCUT2D eigenvalue weighted by molar-refractivity contribution is -0.136. The summed E-state index contributed by atoms with van der Waals surface area (Å²) in [7, 11) is 0. The van der Waals surface area contributed by atoms with Crippen molar-refractivity contribution in [3.05, 3.63) is 58.0 Å². The molecule has 0 spiro atoms. The maximum absolute atomic E-state index is 12.9. The number of pyridine rings is 1. The number of aromatic nitrogens is 1. The van der Waals surface area contributed by atoms with Gasteiger partial charge in [0.2, 0.25) is 5.91 Å². The Kier molecular flexibility index (Phi) is 4.89. The summed E-state index contributed by atoms with van der Waals surface area (Å²) in [5.74, 6) is 0.00985. The van der Waals surface area contributed by atoms with E-state index in [1.165, 1.54) is 5.56 Å². The summed E-state index contributed by atoms with van der Waals surface area (Å²) < 4.78 is 7.02. The Labute approximate surface area is 153 Å². The fraction of sp³-hybridized carbons (Fsp3) is 0.429. The highest BCUT2D eigenvalue weighted by atomic mass is 16.5. The maximum atomic E-state index is 12.9. The van der Waals surface area contributed by atoms with Crippen LogP contribution in [0.5, 0.6) is 0 Å². The van der Waals surface area contributed by atoms with E-state index >= 15 is 0 Å². The van der Waals surface area contributed by atoms with E-state index in [2.05, 4.69) is 0 Å². The lowest BCUT2D eigenvalue weighted by atomic mass is 9.89. The number of carbonyl (C=O) groups is 1. The van der Waals surface area contributed by atoms with Crippen LogP contribution in [0.3, 0.4) is 0 Å². The van der Waals surface area contributed by atoms with Crippen LogP contribution in [-0.4, -0.2) is 41.7 Å². The number of fused-ring (bicyclic) bond motifs is 1. The van der Waals surface area contributed by atoms with E-state index in [1.54, 1.807) is 15.5 Å². The molecule has 1 aliphatic heterocycles. The minimum absolute atomic E-state index is 0.00985. The second-order valence-corrected chi connectivity index (χ2v) is 6.97. The average molecular weight is 352 g/mol. The minimum atomic E-state index is -0.0777. The van der Waals surface area contributed by atoms with Gasteiger partial charge in [-0.2, -0.15) is 0 Å². The number of nitrogens with zero attached hydrogens (tertiary/aromatic N) is 2. The molecular formula is C21H24N2O3. The quantitative estimate of drug-likeness (QED) is 0.851. The van der Waals surface area contributed by atoms with Crippen molar-refractivity contribution in [3.8, 4) is 11.1 Å². The monoisotopic (exact) mass is 352 g/mol. The summed E-state index contributed by atoms with van der Waals surface area (Å²) in [4.78, 5) is 27.3. The van der Waals surface area contributed by atoms with Gasteiger partial charge >= 0.3 is 0 Å². The molecule has 1 aliphatic carbocycles. The van der Waals surface area contributed by atoms with E-state index in [4.69, 9.17) is 4.74 Å². The molecule has 1 saturated heterocycles. The summed E-state index contributed by atoms with van der Waals surface area (Å²) in [6.45, 7) is 2.50. The summed E-state index contributed by atoms with van der Waals surface area (Å²) in [5.41, 5.74) is 4.31. The number of morpholine rings is 1. The van der Waals surface area contributed by atoms with Gasteiger partial charge in [-0.3, -0.25) is 9.59 Å². The summed E-state index contributed by atoms with van der Waals surface area (Å²) in [5, 5.41) is 0. The summed E-state index contributed by atoms with van der Waals surface area (Å²) >= 11 is 0. The Balaban J connectivity index is 1.72. The smallest absolute Gasteiger partial charge is 0.251 e. The second kappa shape index (κ2) is 7.46.